The van der Waals surface area contributed by atoms with Gasteiger partial charge in [-0.1, -0.05) is 0 Å². The molecule has 0 N–H and O–H groups in total. The normalized spacial score (nSPS) is 9.88. The maximum Gasteiger partial charge on any atom is 0.135 e. The molecule has 5 heteroatoms. The number of rotatable bonds is 0. The van der Waals surface area contributed by atoms with Crippen LogP contribution in [0.3, 0.4) is 0 Å². The third-order valence-electron chi connectivity index (χ3n) is 0.560. The molecular formula is C3Br3NS. The Kier molecular flexibility index (Phi) is 2.49. The first-order valence-corrected chi connectivity index (χ1v) is 4.83. The Hall–Kier alpha value is 1.07. The maximum atomic E-state index is 3.98. The van der Waals surface area contributed by atoms with Gasteiger partial charge in [-0.05, 0) is 59.3 Å². The SMILES string of the molecule is Brc1nsc(Br)c1Br. The van der Waals surface area contributed by atoms with E-state index in [0.717, 1.165) is 12.9 Å². The molecule has 0 amide bonds. The lowest BCUT2D eigenvalue weighted by Crippen LogP contribution is -1.56. The molecule has 0 saturated heterocycles. The summed E-state index contributed by atoms with van der Waals surface area (Å²) in [5.74, 6) is 0. The summed E-state index contributed by atoms with van der Waals surface area (Å²) in [6.07, 6.45) is 0. The van der Waals surface area contributed by atoms with Gasteiger partial charge in [0.25, 0.3) is 0 Å². The van der Waals surface area contributed by atoms with Crippen LogP contribution in [-0.2, 0) is 0 Å². The van der Waals surface area contributed by atoms with E-state index in [2.05, 4.69) is 52.2 Å². The van der Waals surface area contributed by atoms with Crippen LogP contribution in [0.25, 0.3) is 0 Å². The Balaban J connectivity index is 3.19. The van der Waals surface area contributed by atoms with Crippen LogP contribution >= 0.6 is 59.3 Å². The number of hydrogen-bond acceptors (Lipinski definition) is 2. The molecule has 0 aromatic carbocycles. The molecule has 0 spiro atoms. The summed E-state index contributed by atoms with van der Waals surface area (Å²) < 4.78 is 6.84. The second kappa shape index (κ2) is 2.77. The van der Waals surface area contributed by atoms with Crippen molar-refractivity contribution in [3.8, 4) is 0 Å². The summed E-state index contributed by atoms with van der Waals surface area (Å²) in [4.78, 5) is 0. The van der Waals surface area contributed by atoms with Crippen LogP contribution < -0.4 is 0 Å². The van der Waals surface area contributed by atoms with Gasteiger partial charge >= 0.3 is 0 Å². The Labute approximate surface area is 76.0 Å². The van der Waals surface area contributed by atoms with Crippen molar-refractivity contribution < 1.29 is 0 Å². The van der Waals surface area contributed by atoms with Crippen molar-refractivity contribution in [2.24, 2.45) is 0 Å². The van der Waals surface area contributed by atoms with Gasteiger partial charge in [-0.3, -0.25) is 0 Å². The summed E-state index contributed by atoms with van der Waals surface area (Å²) >= 11 is 11.2. The number of aromatic nitrogens is 1. The van der Waals surface area contributed by atoms with Crippen LogP contribution in [0.5, 0.6) is 0 Å². The Morgan fingerprint density at radius 3 is 2.00 bits per heavy atom. The largest absolute Gasteiger partial charge is 0.183 e. The molecule has 0 bridgehead atoms. The molecule has 0 fully saturated rings. The molecule has 44 valence electrons. The molecule has 0 atom stereocenters. The van der Waals surface area contributed by atoms with Crippen LogP contribution in [0.2, 0.25) is 0 Å². The molecule has 1 aromatic rings. The highest BCUT2D eigenvalue weighted by molar-refractivity contribution is 9.14. The monoisotopic (exact) mass is 319 g/mol. The summed E-state index contributed by atoms with van der Waals surface area (Å²) in [5, 5.41) is 0. The predicted octanol–water partition coefficient (Wildman–Crippen LogP) is 3.43. The zero-order chi connectivity index (χ0) is 6.15. The van der Waals surface area contributed by atoms with Crippen molar-refractivity contribution in [1.82, 2.24) is 4.37 Å². The quantitative estimate of drug-likeness (QED) is 0.713. The van der Waals surface area contributed by atoms with E-state index < -0.39 is 0 Å². The minimum atomic E-state index is 0.856. The van der Waals surface area contributed by atoms with Crippen LogP contribution in [0, 0.1) is 0 Å². The standard InChI is InChI=1S/C3Br3NS/c4-1-2(5)7-8-3(1)6. The van der Waals surface area contributed by atoms with E-state index in [1.165, 1.54) is 11.5 Å². The molecule has 8 heavy (non-hydrogen) atoms. The van der Waals surface area contributed by atoms with E-state index >= 15 is 0 Å². The van der Waals surface area contributed by atoms with E-state index in [9.17, 15) is 0 Å². The summed E-state index contributed by atoms with van der Waals surface area (Å²) in [7, 11) is 0. The van der Waals surface area contributed by atoms with Crippen LogP contribution in [0.15, 0.2) is 12.9 Å². The zero-order valence-corrected chi connectivity index (χ0v) is 9.06. The summed E-state index contributed by atoms with van der Waals surface area (Å²) in [6.45, 7) is 0. The van der Waals surface area contributed by atoms with Crippen molar-refractivity contribution in [3.05, 3.63) is 12.9 Å². The minimum absolute atomic E-state index is 0.856. The molecule has 0 unspecified atom stereocenters. The van der Waals surface area contributed by atoms with Gasteiger partial charge in [-0.2, -0.15) is 4.37 Å². The third-order valence-corrected chi connectivity index (χ3v) is 4.94. The van der Waals surface area contributed by atoms with Gasteiger partial charge in [0.15, 0.2) is 0 Å². The van der Waals surface area contributed by atoms with E-state index in [1.807, 2.05) is 0 Å². The van der Waals surface area contributed by atoms with E-state index in [1.54, 1.807) is 0 Å². The third kappa shape index (κ3) is 1.32. The van der Waals surface area contributed by atoms with Crippen molar-refractivity contribution >= 4 is 59.3 Å². The van der Waals surface area contributed by atoms with Gasteiger partial charge in [-0.25, -0.2) is 0 Å². The Morgan fingerprint density at radius 2 is 1.88 bits per heavy atom. The second-order valence-corrected chi connectivity index (χ2v) is 4.70. The van der Waals surface area contributed by atoms with Gasteiger partial charge in [0.05, 0.1) is 4.47 Å². The van der Waals surface area contributed by atoms with Gasteiger partial charge in [-0.15, -0.1) is 0 Å². The van der Waals surface area contributed by atoms with Gasteiger partial charge in [0, 0.05) is 0 Å². The highest BCUT2D eigenvalue weighted by atomic mass is 79.9. The number of nitrogens with zero attached hydrogens (tertiary/aromatic N) is 1. The smallest absolute Gasteiger partial charge is 0.135 e. The first-order valence-electron chi connectivity index (χ1n) is 1.68. The molecule has 0 aliphatic rings. The molecule has 0 radical (unpaired) electrons. The maximum absolute atomic E-state index is 3.98. The molecule has 0 saturated carbocycles. The van der Waals surface area contributed by atoms with Crippen LogP contribution in [-0.4, -0.2) is 4.37 Å². The Morgan fingerprint density at radius 1 is 1.25 bits per heavy atom. The highest BCUT2D eigenvalue weighted by Crippen LogP contribution is 2.33. The number of hydrogen-bond donors (Lipinski definition) is 0. The van der Waals surface area contributed by atoms with Crippen LogP contribution in [0.4, 0.5) is 0 Å². The summed E-state index contributed by atoms with van der Waals surface area (Å²) in [6, 6.07) is 0. The lowest BCUT2D eigenvalue weighted by molar-refractivity contribution is 1.47. The molecule has 1 aromatic heterocycles. The fraction of sp³-hybridized carbons (Fsp3) is 0. The van der Waals surface area contributed by atoms with Gasteiger partial charge in [0.1, 0.15) is 8.39 Å². The van der Waals surface area contributed by atoms with Crippen molar-refractivity contribution in [1.29, 1.82) is 0 Å². The molecular weight excluding hydrogens is 322 g/mol. The first-order chi connectivity index (χ1) is 3.72. The molecule has 0 aliphatic heterocycles. The molecule has 0 aliphatic carbocycles. The topological polar surface area (TPSA) is 12.9 Å². The first kappa shape index (κ1) is 7.18. The van der Waals surface area contributed by atoms with Gasteiger partial charge < -0.3 is 0 Å². The fourth-order valence-corrected chi connectivity index (χ4v) is 2.31. The number of halogens is 3. The van der Waals surface area contributed by atoms with E-state index in [4.69, 9.17) is 0 Å². The van der Waals surface area contributed by atoms with Crippen molar-refractivity contribution in [3.63, 3.8) is 0 Å². The lowest BCUT2D eigenvalue weighted by Gasteiger charge is -1.77. The van der Waals surface area contributed by atoms with E-state index in [0.29, 0.717) is 0 Å². The zero-order valence-electron chi connectivity index (χ0n) is 3.49. The average molecular weight is 322 g/mol. The Bertz CT molecular complexity index is 177. The molecule has 1 nitrogen and oxygen atoms in total. The minimum Gasteiger partial charge on any atom is -0.183 e. The average Bonchev–Trinajstić information content (AvgIpc) is 1.98. The van der Waals surface area contributed by atoms with Crippen LogP contribution in [0.1, 0.15) is 0 Å². The second-order valence-electron chi connectivity index (χ2n) is 1.06. The van der Waals surface area contributed by atoms with E-state index in [-0.39, 0.29) is 0 Å². The summed E-state index contributed by atoms with van der Waals surface area (Å²) in [5.41, 5.74) is 0. The highest BCUT2D eigenvalue weighted by Gasteiger charge is 2.03. The lowest BCUT2D eigenvalue weighted by atomic mass is 10.8. The predicted molar refractivity (Wildman–Crippen MR) is 45.2 cm³/mol. The van der Waals surface area contributed by atoms with Gasteiger partial charge in [0.2, 0.25) is 0 Å². The molecule has 1 rings (SSSR count). The van der Waals surface area contributed by atoms with Crippen molar-refractivity contribution in [2.45, 2.75) is 0 Å². The van der Waals surface area contributed by atoms with Crippen molar-refractivity contribution in [2.75, 3.05) is 0 Å². The fourth-order valence-electron chi connectivity index (χ4n) is 0.241. The molecule has 1 heterocycles.